The van der Waals surface area contributed by atoms with Crippen molar-refractivity contribution < 1.29 is 38.1 Å². The van der Waals surface area contributed by atoms with Crippen LogP contribution in [-0.2, 0) is 26.2 Å². The van der Waals surface area contributed by atoms with Crippen LogP contribution in [0.3, 0.4) is 0 Å². The highest BCUT2D eigenvalue weighted by Crippen LogP contribution is 2.40. The molecule has 5 heterocycles. The largest absolute Gasteiger partial charge is 0.493 e. The summed E-state index contributed by atoms with van der Waals surface area (Å²) < 4.78 is 25.4. The number of fused-ring (bicyclic) bond motifs is 4. The van der Waals surface area contributed by atoms with E-state index in [9.17, 15) is 45.5 Å². The number of nitriles is 5. The first-order chi connectivity index (χ1) is 61.9. The van der Waals surface area contributed by atoms with Crippen LogP contribution < -0.4 is 18.9 Å². The monoisotopic (exact) mass is 1680 g/mol. The molecule has 2 aliphatic carbocycles. The van der Waals surface area contributed by atoms with Crippen molar-refractivity contribution in [2.45, 2.75) is 77.9 Å². The number of ether oxygens (including phenoxy) is 4. The Bertz CT molecular complexity index is 7010. The topological polar surface area (TPSA) is 370 Å². The van der Waals surface area contributed by atoms with Crippen molar-refractivity contribution in [1.29, 1.82) is 26.3 Å². The molecule has 11 aromatic carbocycles. The molecule has 2 saturated carbocycles. The van der Waals surface area contributed by atoms with Gasteiger partial charge in [0.25, 0.3) is 23.6 Å². The molecule has 127 heavy (non-hydrogen) atoms. The van der Waals surface area contributed by atoms with E-state index in [-0.39, 0.29) is 35.8 Å². The Morgan fingerprint density at radius 2 is 0.780 bits per heavy atom. The van der Waals surface area contributed by atoms with Crippen molar-refractivity contribution in [2.24, 2.45) is 0 Å². The number of rotatable bonds is 24. The van der Waals surface area contributed by atoms with E-state index >= 15 is 0 Å². The van der Waals surface area contributed by atoms with Crippen LogP contribution in [0, 0.1) is 56.7 Å². The van der Waals surface area contributed by atoms with Crippen molar-refractivity contribution in [3.05, 3.63) is 322 Å². The van der Waals surface area contributed by atoms with E-state index in [2.05, 4.69) is 76.2 Å². The third kappa shape index (κ3) is 19.5. The average Bonchev–Trinajstić information content (AvgIpc) is 1.62. The predicted molar refractivity (Wildman–Crippen MR) is 480 cm³/mol. The minimum absolute atomic E-state index is 0.0951. The van der Waals surface area contributed by atoms with Gasteiger partial charge in [0.15, 0.2) is 0 Å². The first-order valence-electron chi connectivity index (χ1n) is 41.1. The number of carbonyl (C=O) groups is 4. The lowest BCUT2D eigenvalue weighted by atomic mass is 10.00. The Morgan fingerprint density at radius 1 is 0.394 bits per heavy atom. The summed E-state index contributed by atoms with van der Waals surface area (Å²) in [7, 11) is 7.02. The van der Waals surface area contributed by atoms with Gasteiger partial charge in [0.1, 0.15) is 22.8 Å². The number of nitrogens with one attached hydrogen (secondary N) is 4. The normalized spacial score (nSPS) is 11.8. The van der Waals surface area contributed by atoms with Crippen LogP contribution in [0.2, 0.25) is 0 Å². The van der Waals surface area contributed by atoms with Crippen LogP contribution in [0.1, 0.15) is 131 Å². The summed E-state index contributed by atoms with van der Waals surface area (Å²) in [5.41, 5.74) is 18.0. The van der Waals surface area contributed by atoms with E-state index in [1.807, 2.05) is 172 Å². The van der Waals surface area contributed by atoms with Crippen LogP contribution in [-0.4, -0.2) is 147 Å². The van der Waals surface area contributed by atoms with E-state index in [0.29, 0.717) is 107 Å². The number of nitrogens with zero attached hydrogens (tertiary/aromatic N) is 15. The first-order valence-corrected chi connectivity index (χ1v) is 41.1. The van der Waals surface area contributed by atoms with E-state index in [0.717, 1.165) is 136 Å². The van der Waals surface area contributed by atoms with Crippen LogP contribution in [0.15, 0.2) is 249 Å². The van der Waals surface area contributed by atoms with Crippen molar-refractivity contribution in [3.63, 3.8) is 0 Å². The molecule has 0 aliphatic heterocycles. The Hall–Kier alpha value is -17.0. The van der Waals surface area contributed by atoms with Crippen molar-refractivity contribution in [1.82, 2.24) is 70.2 Å². The second-order valence-corrected chi connectivity index (χ2v) is 30.5. The van der Waals surface area contributed by atoms with Crippen LogP contribution >= 0.6 is 0 Å². The molecule has 0 radical (unpaired) electrons. The number of H-pyrrole nitrogens is 4. The first kappa shape index (κ1) is 85.0. The van der Waals surface area contributed by atoms with Crippen molar-refractivity contribution >= 4 is 67.2 Å². The van der Waals surface area contributed by atoms with Gasteiger partial charge >= 0.3 is 0 Å². The van der Waals surface area contributed by atoms with Gasteiger partial charge in [-0.05, 0) is 188 Å². The highest BCUT2D eigenvalue weighted by atomic mass is 16.5. The number of para-hydroxylation sites is 2. The Labute approximate surface area is 731 Å². The summed E-state index contributed by atoms with van der Waals surface area (Å²) in [4.78, 5) is 59.4. The quantitative estimate of drug-likeness (QED) is 0.0436. The van der Waals surface area contributed by atoms with E-state index < -0.39 is 0 Å². The third-order valence-electron chi connectivity index (χ3n) is 21.6. The molecule has 0 unspecified atom stereocenters. The molecule has 4 amide bonds. The fourth-order valence-electron chi connectivity index (χ4n) is 14.8. The predicted octanol–water partition coefficient (Wildman–Crippen LogP) is 17.8. The molecule has 628 valence electrons. The highest BCUT2D eigenvalue weighted by Gasteiger charge is 2.30. The standard InChI is InChI=1S/C27H21N5O2.C26H21N5O2.C26H22N4O2.C21H21N5O2/c1-32(16-21-6-5-20(14-29)24-15-30-31-26(21)24)27(33)19-7-10-23(25(12-19)34-22-8-9-22)18-4-2-3-17(11-18)13-28;1-3-33-24-12-19(9-10-22(24)18-6-4-5-17(11-18)13-27)26(32)31(2)16-21-8-7-20(14-28)23-15-29-30-25(21)23;1-30(16-20-8-7-19(14-27)23-15-28-29-25(20)23)26(31)18-9-12-22(17-5-3-2-4-6-17)24(13-18)32-21-10-11-21;1-3-28-20-18(14-26(24-20)17-10-5-4-6-11-17)21(27)25(2)13-16-9-7-8-15-12-22-23-19(15)16/h2-7,10-12,15,22H,8-9,16H2,1H3,(H,30,31);4-12,15H,3,16H2,1-2H3,(H,29,30);2-9,12-13,15,21H,10-11,16H2,1H3,(H,28,29);4-12,14H,3,13H2,1-2H3,(H,22,23). The molecule has 2 aliphatic rings. The van der Waals surface area contributed by atoms with Crippen molar-refractivity contribution in [3.8, 4) is 92.5 Å². The SMILES string of the molecule is CCOc1cc(C(=O)N(C)Cc2ccc(C#N)c3cn[nH]c23)ccc1-c1cccc(C#N)c1.CCOc1nn(-c2ccccc2)cc1C(=O)N(C)Cc1cccc2cn[nH]c12.CN(Cc1ccc(C#N)c2cn[nH]c12)C(=O)c1ccc(-c2cccc(C#N)c2)c(OC2CC2)c1.CN(Cc1ccc(C#N)c2cn[nH]c12)C(=O)c1ccc(-c2ccccc2)c(OC2CC2)c1. The lowest BCUT2D eigenvalue weighted by Gasteiger charge is -2.19. The fraction of sp³-hybridized carbons (Fsp3) is 0.180. The maximum absolute atomic E-state index is 13.3. The highest BCUT2D eigenvalue weighted by molar-refractivity contribution is 6.00. The molecule has 0 atom stereocenters. The average molecular weight is 1680 g/mol. The number of aromatic nitrogens is 10. The molecule has 18 rings (SSSR count). The van der Waals surface area contributed by atoms with Gasteiger partial charge in [0.05, 0.1) is 136 Å². The van der Waals surface area contributed by atoms with Gasteiger partial charge in [-0.3, -0.25) is 39.6 Å². The molecule has 16 aromatic rings. The Morgan fingerprint density at radius 3 is 1.21 bits per heavy atom. The third-order valence-corrected chi connectivity index (χ3v) is 21.6. The van der Waals surface area contributed by atoms with Gasteiger partial charge in [0.2, 0.25) is 5.88 Å². The molecule has 4 N–H and O–H groups in total. The molecule has 27 nitrogen and oxygen atoms in total. The smallest absolute Gasteiger partial charge is 0.261 e. The number of amides is 4. The molecule has 0 bridgehead atoms. The zero-order valence-electron chi connectivity index (χ0n) is 70.4. The summed E-state index contributed by atoms with van der Waals surface area (Å²) in [6.45, 7) is 6.18. The minimum Gasteiger partial charge on any atom is -0.493 e. The molecular weight excluding hydrogens is 1600 g/mol. The van der Waals surface area contributed by atoms with Gasteiger partial charge in [-0.1, -0.05) is 109 Å². The summed E-state index contributed by atoms with van der Waals surface area (Å²) in [5, 5.41) is 82.1. The van der Waals surface area contributed by atoms with Crippen LogP contribution in [0.5, 0.6) is 23.1 Å². The van der Waals surface area contributed by atoms with E-state index in [1.165, 1.54) is 0 Å². The zero-order valence-corrected chi connectivity index (χ0v) is 70.4. The van der Waals surface area contributed by atoms with E-state index in [1.54, 1.807) is 144 Å². The lowest BCUT2D eigenvalue weighted by molar-refractivity contribution is 0.0775. The molecular formula is C100H85N19O8. The number of benzene rings is 11. The van der Waals surface area contributed by atoms with Crippen LogP contribution in [0.25, 0.3) is 82.7 Å². The molecule has 0 saturated heterocycles. The number of carbonyl (C=O) groups excluding carboxylic acids is 4. The molecule has 5 aromatic heterocycles. The Balaban J connectivity index is 0.000000131. The lowest BCUT2D eigenvalue weighted by Crippen LogP contribution is -2.26. The number of hydrogen-bond donors (Lipinski definition) is 4. The van der Waals surface area contributed by atoms with E-state index in [4.69, 9.17) is 18.9 Å². The minimum atomic E-state index is -0.162. The second kappa shape index (κ2) is 38.8. The van der Waals surface area contributed by atoms with Gasteiger partial charge in [0, 0.05) is 115 Å². The molecule has 2 fully saturated rings. The van der Waals surface area contributed by atoms with Gasteiger partial charge in [-0.15, -0.1) is 5.10 Å². The fourth-order valence-corrected chi connectivity index (χ4v) is 14.8. The van der Waals surface area contributed by atoms with Crippen molar-refractivity contribution in [2.75, 3.05) is 41.4 Å². The van der Waals surface area contributed by atoms with Gasteiger partial charge < -0.3 is 38.5 Å². The van der Waals surface area contributed by atoms with Crippen LogP contribution in [0.4, 0.5) is 0 Å². The van der Waals surface area contributed by atoms with Gasteiger partial charge in [-0.2, -0.15) is 46.7 Å². The summed E-state index contributed by atoms with van der Waals surface area (Å²) in [6, 6.07) is 78.4. The zero-order chi connectivity index (χ0) is 88.6. The summed E-state index contributed by atoms with van der Waals surface area (Å²) in [6.07, 6.45) is 12.9. The Kier molecular flexibility index (Phi) is 26.0. The van der Waals surface area contributed by atoms with Gasteiger partial charge in [-0.25, -0.2) is 4.68 Å². The maximum atomic E-state index is 13.3. The number of hydrogen-bond acceptors (Lipinski definition) is 18. The number of aromatic amines is 4. The molecule has 0 spiro atoms. The second-order valence-electron chi connectivity index (χ2n) is 30.5. The maximum Gasteiger partial charge on any atom is 0.261 e. The summed E-state index contributed by atoms with van der Waals surface area (Å²) >= 11 is 0. The summed E-state index contributed by atoms with van der Waals surface area (Å²) in [5.74, 6) is 1.76. The molecule has 27 heteroatoms.